The van der Waals surface area contributed by atoms with Crippen LogP contribution < -0.4 is 16.0 Å². The highest BCUT2D eigenvalue weighted by atomic mass is 32.2. The second-order valence-corrected chi connectivity index (χ2v) is 14.3. The summed E-state index contributed by atoms with van der Waals surface area (Å²) in [7, 11) is 0. The van der Waals surface area contributed by atoms with Gasteiger partial charge in [-0.05, 0) is 49.1 Å². The first kappa shape index (κ1) is 34.4. The van der Waals surface area contributed by atoms with Crippen molar-refractivity contribution in [2.45, 2.75) is 82.8 Å². The topological polar surface area (TPSA) is 125 Å². The van der Waals surface area contributed by atoms with Gasteiger partial charge in [0.15, 0.2) is 0 Å². The van der Waals surface area contributed by atoms with Gasteiger partial charge < -0.3 is 25.6 Å². The lowest BCUT2D eigenvalue weighted by Gasteiger charge is -2.30. The first-order valence-corrected chi connectivity index (χ1v) is 18.2. The van der Waals surface area contributed by atoms with Crippen molar-refractivity contribution in [1.82, 2.24) is 25.8 Å². The number of ether oxygens (including phenoxy) is 1. The third kappa shape index (κ3) is 10.8. The SMILES string of the molecule is CC(C)[C@H](NC(=O)N(CC1CSC=N1)C1CC1)C(=O)N[C@H](CC[C@H](Cc1ccccc1)NC(=O)OCc1cncs1)c1ccccc1. The maximum atomic E-state index is 13.9. The maximum Gasteiger partial charge on any atom is 0.407 e. The summed E-state index contributed by atoms with van der Waals surface area (Å²) < 4.78 is 5.49. The van der Waals surface area contributed by atoms with Gasteiger partial charge in [-0.25, -0.2) is 9.59 Å². The van der Waals surface area contributed by atoms with Crippen LogP contribution in [0.1, 0.15) is 61.6 Å². The minimum Gasteiger partial charge on any atom is -0.444 e. The van der Waals surface area contributed by atoms with Crippen molar-refractivity contribution >= 4 is 46.7 Å². The van der Waals surface area contributed by atoms with Gasteiger partial charge in [-0.2, -0.15) is 0 Å². The van der Waals surface area contributed by atoms with Crippen LogP contribution in [0.3, 0.4) is 0 Å². The second-order valence-electron chi connectivity index (χ2n) is 12.4. The monoisotopic (exact) mass is 676 g/mol. The molecule has 1 saturated carbocycles. The third-order valence-electron chi connectivity index (χ3n) is 8.32. The molecule has 0 saturated heterocycles. The van der Waals surface area contributed by atoms with E-state index in [1.165, 1.54) is 11.3 Å². The molecule has 5 rings (SSSR count). The number of thioether (sulfide) groups is 1. The molecule has 4 atom stereocenters. The van der Waals surface area contributed by atoms with Gasteiger partial charge >= 0.3 is 12.1 Å². The normalized spacial score (nSPS) is 17.5. The Morgan fingerprint density at radius 3 is 2.36 bits per heavy atom. The van der Waals surface area contributed by atoms with Crippen LogP contribution in [0.2, 0.25) is 0 Å². The molecule has 2 aliphatic rings. The van der Waals surface area contributed by atoms with Crippen LogP contribution in [0, 0.1) is 5.92 Å². The van der Waals surface area contributed by atoms with Gasteiger partial charge in [-0.15, -0.1) is 23.1 Å². The zero-order valence-electron chi connectivity index (χ0n) is 26.9. The molecule has 47 heavy (non-hydrogen) atoms. The molecule has 1 aromatic heterocycles. The molecular formula is C35H44N6O4S2. The Labute approximate surface area is 285 Å². The number of hydrogen-bond donors (Lipinski definition) is 3. The van der Waals surface area contributed by atoms with E-state index in [1.54, 1.807) is 23.5 Å². The summed E-state index contributed by atoms with van der Waals surface area (Å²) in [6, 6.07) is 18.6. The van der Waals surface area contributed by atoms with Gasteiger partial charge in [0.05, 0.1) is 28.0 Å². The fourth-order valence-electron chi connectivity index (χ4n) is 5.61. The Bertz CT molecular complexity index is 1450. The fraction of sp³-hybridized carbons (Fsp3) is 0.457. The minimum atomic E-state index is -0.712. The number of thiazole rings is 1. The van der Waals surface area contributed by atoms with Crippen molar-refractivity contribution in [2.24, 2.45) is 10.9 Å². The van der Waals surface area contributed by atoms with Crippen LogP contribution >= 0.6 is 23.1 Å². The number of nitrogens with zero attached hydrogens (tertiary/aromatic N) is 3. The third-order valence-corrected chi connectivity index (χ3v) is 9.92. The van der Waals surface area contributed by atoms with E-state index in [4.69, 9.17) is 4.74 Å². The Kier molecular flexibility index (Phi) is 12.7. The van der Waals surface area contributed by atoms with E-state index in [-0.39, 0.29) is 48.6 Å². The molecule has 12 heteroatoms. The van der Waals surface area contributed by atoms with Gasteiger partial charge in [-0.1, -0.05) is 74.5 Å². The predicted molar refractivity (Wildman–Crippen MR) is 188 cm³/mol. The molecule has 4 amide bonds. The lowest BCUT2D eigenvalue weighted by atomic mass is 9.95. The van der Waals surface area contributed by atoms with Crippen molar-refractivity contribution < 1.29 is 19.1 Å². The largest absolute Gasteiger partial charge is 0.444 e. The van der Waals surface area contributed by atoms with Crippen molar-refractivity contribution in [2.75, 3.05) is 12.3 Å². The second kappa shape index (κ2) is 17.3. The highest BCUT2D eigenvalue weighted by molar-refractivity contribution is 8.12. The van der Waals surface area contributed by atoms with Crippen LogP contribution in [-0.2, 0) is 22.6 Å². The van der Waals surface area contributed by atoms with Crippen molar-refractivity contribution in [1.29, 1.82) is 0 Å². The van der Waals surface area contributed by atoms with E-state index >= 15 is 0 Å². The fourth-order valence-corrected chi connectivity index (χ4v) is 6.87. The van der Waals surface area contributed by atoms with Crippen LogP contribution in [-0.4, -0.2) is 69.9 Å². The summed E-state index contributed by atoms with van der Waals surface area (Å²) in [6.07, 6.45) is 4.89. The average Bonchev–Trinajstić information content (AvgIpc) is 3.51. The number of urea groups is 1. The number of amides is 4. The van der Waals surface area contributed by atoms with Gasteiger partial charge in [0.25, 0.3) is 0 Å². The summed E-state index contributed by atoms with van der Waals surface area (Å²) in [5.41, 5.74) is 5.60. The molecule has 1 aliphatic heterocycles. The van der Waals surface area contributed by atoms with Gasteiger partial charge in [-0.3, -0.25) is 14.8 Å². The predicted octanol–water partition coefficient (Wildman–Crippen LogP) is 5.96. The first-order chi connectivity index (χ1) is 22.9. The van der Waals surface area contributed by atoms with Crippen LogP contribution in [0.5, 0.6) is 0 Å². The molecule has 3 N–H and O–H groups in total. The molecule has 250 valence electrons. The summed E-state index contributed by atoms with van der Waals surface area (Å²) in [5, 5.41) is 9.35. The summed E-state index contributed by atoms with van der Waals surface area (Å²) in [6.45, 7) is 4.60. The number of aliphatic imine (C=N–C) groups is 1. The van der Waals surface area contributed by atoms with E-state index < -0.39 is 12.1 Å². The number of carbonyl (C=O) groups excluding carboxylic acids is 3. The molecule has 0 spiro atoms. The molecule has 3 aromatic rings. The van der Waals surface area contributed by atoms with E-state index in [0.717, 1.165) is 34.6 Å². The Balaban J connectivity index is 1.25. The summed E-state index contributed by atoms with van der Waals surface area (Å²) >= 11 is 3.09. The van der Waals surface area contributed by atoms with Gasteiger partial charge in [0, 0.05) is 30.6 Å². The number of alkyl carbamates (subject to hydrolysis) is 1. The lowest BCUT2D eigenvalue weighted by molar-refractivity contribution is -0.124. The van der Waals surface area contributed by atoms with E-state index in [2.05, 4.69) is 25.9 Å². The maximum absolute atomic E-state index is 13.9. The highest BCUT2D eigenvalue weighted by Crippen LogP contribution is 2.29. The molecule has 2 heterocycles. The van der Waals surface area contributed by atoms with Crippen LogP contribution in [0.25, 0.3) is 0 Å². The molecule has 0 bridgehead atoms. The van der Waals surface area contributed by atoms with E-state index in [1.807, 2.05) is 85.0 Å². The smallest absolute Gasteiger partial charge is 0.407 e. The Hall–Kier alpha value is -3.90. The summed E-state index contributed by atoms with van der Waals surface area (Å²) in [4.78, 5) is 51.5. The van der Waals surface area contributed by atoms with Crippen molar-refractivity contribution in [3.63, 3.8) is 0 Å². The summed E-state index contributed by atoms with van der Waals surface area (Å²) in [5.74, 6) is 0.508. The zero-order valence-corrected chi connectivity index (χ0v) is 28.6. The molecule has 2 aromatic carbocycles. The van der Waals surface area contributed by atoms with Gasteiger partial charge in [0.1, 0.15) is 12.6 Å². The van der Waals surface area contributed by atoms with Crippen molar-refractivity contribution in [3.8, 4) is 0 Å². The number of hydrogen-bond acceptors (Lipinski definition) is 8. The average molecular weight is 677 g/mol. The molecule has 0 radical (unpaired) electrons. The van der Waals surface area contributed by atoms with Crippen molar-refractivity contribution in [3.05, 3.63) is 88.4 Å². The highest BCUT2D eigenvalue weighted by Gasteiger charge is 2.37. The molecule has 1 fully saturated rings. The first-order valence-electron chi connectivity index (χ1n) is 16.3. The van der Waals surface area contributed by atoms with E-state index in [0.29, 0.717) is 25.8 Å². The zero-order chi connectivity index (χ0) is 33.0. The standard InChI is InChI=1S/C35H44N6O4S2/c1-24(2)32(40-34(43)41(29-14-15-29)19-28-21-46-23-37-28)33(42)39-31(26-11-7-4-8-12-26)16-13-27(17-25-9-5-3-6-10-25)38-35(44)45-20-30-18-36-22-47-30/h3-12,18,22-24,27-29,31-32H,13-17,19-21H2,1-2H3,(H,38,44)(H,39,42)(H,40,43)/t27-,28?,31-,32+/m1/s1. The molecular weight excluding hydrogens is 633 g/mol. The van der Waals surface area contributed by atoms with Crippen LogP contribution in [0.15, 0.2) is 77.4 Å². The number of rotatable bonds is 16. The Morgan fingerprint density at radius 2 is 1.72 bits per heavy atom. The number of nitrogens with one attached hydrogen (secondary N) is 3. The quantitative estimate of drug-likeness (QED) is 0.172. The molecule has 1 aliphatic carbocycles. The Morgan fingerprint density at radius 1 is 0.979 bits per heavy atom. The molecule has 10 nitrogen and oxygen atoms in total. The van der Waals surface area contributed by atoms with Gasteiger partial charge in [0.2, 0.25) is 5.91 Å². The van der Waals surface area contributed by atoms with Crippen LogP contribution in [0.4, 0.5) is 9.59 Å². The molecule has 1 unspecified atom stereocenters. The van der Waals surface area contributed by atoms with E-state index in [9.17, 15) is 14.4 Å². The number of benzene rings is 2. The lowest BCUT2D eigenvalue weighted by Crippen LogP contribution is -2.55. The minimum absolute atomic E-state index is 0.0857. The number of aromatic nitrogens is 1. The number of carbonyl (C=O) groups is 3.